The van der Waals surface area contributed by atoms with Crippen molar-refractivity contribution in [1.29, 1.82) is 0 Å². The van der Waals surface area contributed by atoms with Crippen molar-refractivity contribution in [3.05, 3.63) is 0 Å². The van der Waals surface area contributed by atoms with Crippen molar-refractivity contribution in [2.75, 3.05) is 0 Å². The topological polar surface area (TPSA) is 104 Å². The van der Waals surface area contributed by atoms with Gasteiger partial charge in [-0.3, -0.25) is 17.2 Å². The smallest absolute Gasteiger partial charge is 0.131 e. The van der Waals surface area contributed by atoms with Gasteiger partial charge >= 0.3 is 0 Å². The van der Waals surface area contributed by atoms with E-state index >= 15 is 0 Å². The molecule has 1 atom stereocenters. The zero-order valence-electron chi connectivity index (χ0n) is 14.3. The maximum Gasteiger partial charge on any atom is 0.131 e. The minimum atomic E-state index is -1.23. The van der Waals surface area contributed by atoms with E-state index in [1.165, 1.54) is 77.0 Å². The summed E-state index contributed by atoms with van der Waals surface area (Å²) in [5.74, 6) is -1.23. The summed E-state index contributed by atoms with van der Waals surface area (Å²) in [5.41, 5.74) is 22.5. The molecule has 0 radical (unpaired) electrons. The van der Waals surface area contributed by atoms with Crippen LogP contribution in [-0.2, 0) is 0 Å². The van der Waals surface area contributed by atoms with Gasteiger partial charge < -0.3 is 5.73 Å². The van der Waals surface area contributed by atoms with E-state index in [0.29, 0.717) is 0 Å². The van der Waals surface area contributed by atoms with Crippen LogP contribution in [0.5, 0.6) is 0 Å². The molecular weight excluding hydrogens is 260 g/mol. The van der Waals surface area contributed by atoms with Crippen LogP contribution >= 0.6 is 0 Å². The highest BCUT2D eigenvalue weighted by molar-refractivity contribution is 4.82. The van der Waals surface area contributed by atoms with E-state index in [1.807, 2.05) is 0 Å². The Morgan fingerprint density at radius 2 is 0.952 bits per heavy atom. The minimum Gasteiger partial charge on any atom is -0.324 e. The van der Waals surface area contributed by atoms with E-state index in [4.69, 9.17) is 22.9 Å². The van der Waals surface area contributed by atoms with E-state index in [9.17, 15) is 0 Å². The quantitative estimate of drug-likeness (QED) is 0.275. The molecule has 0 heterocycles. The lowest BCUT2D eigenvalue weighted by Gasteiger charge is -2.26. The summed E-state index contributed by atoms with van der Waals surface area (Å²) in [5, 5.41) is 0. The van der Waals surface area contributed by atoms with Gasteiger partial charge in [0.05, 0.1) is 0 Å². The van der Waals surface area contributed by atoms with Gasteiger partial charge in [-0.05, 0) is 6.42 Å². The second-order valence-electron chi connectivity index (χ2n) is 6.64. The number of rotatable bonds is 15. The Morgan fingerprint density at radius 1 is 0.619 bits per heavy atom. The summed E-state index contributed by atoms with van der Waals surface area (Å²) < 4.78 is 0. The van der Waals surface area contributed by atoms with Crippen LogP contribution in [0.2, 0.25) is 0 Å². The third kappa shape index (κ3) is 14.5. The van der Waals surface area contributed by atoms with Crippen molar-refractivity contribution in [1.82, 2.24) is 0 Å². The predicted octanol–water partition coefficient (Wildman–Crippen LogP) is 3.32. The first kappa shape index (κ1) is 20.8. The first-order chi connectivity index (χ1) is 9.98. The van der Waals surface area contributed by atoms with Gasteiger partial charge in [0.1, 0.15) is 5.79 Å². The summed E-state index contributed by atoms with van der Waals surface area (Å²) in [6.45, 7) is 2.27. The van der Waals surface area contributed by atoms with Crippen LogP contribution in [0.3, 0.4) is 0 Å². The first-order valence-electron chi connectivity index (χ1n) is 9.10. The number of hydrogen-bond acceptors (Lipinski definition) is 4. The highest BCUT2D eigenvalue weighted by Crippen LogP contribution is 2.13. The highest BCUT2D eigenvalue weighted by atomic mass is 15.2. The summed E-state index contributed by atoms with van der Waals surface area (Å²) in [6, 6.07) is -0.301. The van der Waals surface area contributed by atoms with Gasteiger partial charge in [-0.2, -0.15) is 0 Å². The standard InChI is InChI=1S/C17H40N4/c1-2-3-4-5-6-7-8-9-10-11-12-13-14-15-16(18)17(19,20)21/h16H,2-15,18-21H2,1H3. The molecule has 0 spiro atoms. The molecule has 0 saturated heterocycles. The number of unbranched alkanes of at least 4 members (excludes halogenated alkanes) is 12. The number of nitrogens with two attached hydrogens (primary N) is 4. The van der Waals surface area contributed by atoms with Crippen molar-refractivity contribution < 1.29 is 0 Å². The molecule has 0 aromatic heterocycles. The van der Waals surface area contributed by atoms with Crippen LogP contribution in [0.4, 0.5) is 0 Å². The molecule has 21 heavy (non-hydrogen) atoms. The Kier molecular flexibility index (Phi) is 13.4. The molecule has 4 nitrogen and oxygen atoms in total. The third-order valence-electron chi connectivity index (χ3n) is 4.26. The minimum absolute atomic E-state index is 0.301. The molecule has 0 aromatic rings. The second kappa shape index (κ2) is 13.5. The molecule has 1 unspecified atom stereocenters. The fraction of sp³-hybridized carbons (Fsp3) is 1.00. The average Bonchev–Trinajstić information content (AvgIpc) is 2.42. The van der Waals surface area contributed by atoms with E-state index in [2.05, 4.69) is 6.92 Å². The Hall–Kier alpha value is -0.160. The molecule has 4 heteroatoms. The molecule has 0 rings (SSSR count). The molecule has 0 amide bonds. The molecule has 0 aliphatic rings. The molecule has 8 N–H and O–H groups in total. The monoisotopic (exact) mass is 300 g/mol. The van der Waals surface area contributed by atoms with E-state index < -0.39 is 5.79 Å². The fourth-order valence-electron chi connectivity index (χ4n) is 2.63. The Labute approximate surface area is 132 Å². The zero-order chi connectivity index (χ0) is 16.0. The lowest BCUT2D eigenvalue weighted by Crippen LogP contribution is -2.68. The summed E-state index contributed by atoms with van der Waals surface area (Å²) >= 11 is 0. The van der Waals surface area contributed by atoms with E-state index in [-0.39, 0.29) is 6.04 Å². The molecule has 0 aliphatic carbocycles. The maximum absolute atomic E-state index is 5.82. The van der Waals surface area contributed by atoms with Gasteiger partial charge in [-0.15, -0.1) is 0 Å². The fourth-order valence-corrected chi connectivity index (χ4v) is 2.63. The van der Waals surface area contributed by atoms with Crippen LogP contribution in [0.1, 0.15) is 96.8 Å². The summed E-state index contributed by atoms with van der Waals surface area (Å²) in [4.78, 5) is 0. The largest absolute Gasteiger partial charge is 0.324 e. The van der Waals surface area contributed by atoms with Crippen LogP contribution in [0.25, 0.3) is 0 Å². The van der Waals surface area contributed by atoms with Gasteiger partial charge in [0.15, 0.2) is 0 Å². The lowest BCUT2D eigenvalue weighted by molar-refractivity contribution is 0.341. The van der Waals surface area contributed by atoms with Crippen molar-refractivity contribution >= 4 is 0 Å². The normalized spacial score (nSPS) is 13.6. The van der Waals surface area contributed by atoms with Crippen molar-refractivity contribution in [2.24, 2.45) is 22.9 Å². The Bertz CT molecular complexity index is 213. The van der Waals surface area contributed by atoms with Crippen LogP contribution in [0.15, 0.2) is 0 Å². The average molecular weight is 301 g/mol. The second-order valence-corrected chi connectivity index (χ2v) is 6.64. The predicted molar refractivity (Wildman–Crippen MR) is 93.6 cm³/mol. The maximum atomic E-state index is 5.82. The molecule has 0 aromatic carbocycles. The van der Waals surface area contributed by atoms with Crippen LogP contribution in [-0.4, -0.2) is 11.8 Å². The third-order valence-corrected chi connectivity index (χ3v) is 4.26. The lowest BCUT2D eigenvalue weighted by atomic mass is 10.0. The van der Waals surface area contributed by atoms with Gasteiger partial charge in [-0.1, -0.05) is 90.4 Å². The van der Waals surface area contributed by atoms with Gasteiger partial charge in [0.2, 0.25) is 0 Å². The molecule has 128 valence electrons. The SMILES string of the molecule is CCCCCCCCCCCCCCCC(N)C(N)(N)N. The molecule has 0 bridgehead atoms. The zero-order valence-corrected chi connectivity index (χ0v) is 14.3. The van der Waals surface area contributed by atoms with Crippen molar-refractivity contribution in [2.45, 2.75) is 109 Å². The van der Waals surface area contributed by atoms with E-state index in [0.717, 1.165) is 12.8 Å². The van der Waals surface area contributed by atoms with Crippen molar-refractivity contribution in [3.63, 3.8) is 0 Å². The highest BCUT2D eigenvalue weighted by Gasteiger charge is 2.21. The first-order valence-corrected chi connectivity index (χ1v) is 9.10. The van der Waals surface area contributed by atoms with Crippen LogP contribution in [0, 0.1) is 0 Å². The summed E-state index contributed by atoms with van der Waals surface area (Å²) in [7, 11) is 0. The van der Waals surface area contributed by atoms with Crippen LogP contribution < -0.4 is 22.9 Å². The molecule has 0 fully saturated rings. The van der Waals surface area contributed by atoms with Gasteiger partial charge in [-0.25, -0.2) is 0 Å². The summed E-state index contributed by atoms with van der Waals surface area (Å²) in [6.07, 6.45) is 18.4. The van der Waals surface area contributed by atoms with Crippen molar-refractivity contribution in [3.8, 4) is 0 Å². The molecular formula is C17H40N4. The van der Waals surface area contributed by atoms with Gasteiger partial charge in [0, 0.05) is 6.04 Å². The van der Waals surface area contributed by atoms with Gasteiger partial charge in [0.25, 0.3) is 0 Å². The molecule has 0 aliphatic heterocycles. The number of hydrogen-bond donors (Lipinski definition) is 4. The Balaban J connectivity index is 3.13. The Morgan fingerprint density at radius 3 is 1.29 bits per heavy atom. The van der Waals surface area contributed by atoms with E-state index in [1.54, 1.807) is 0 Å². The molecule has 0 saturated carbocycles.